The second-order valence-corrected chi connectivity index (χ2v) is 6.23. The molecule has 1 aliphatic carbocycles. The average Bonchev–Trinajstić information content (AvgIpc) is 3.08. The molecule has 1 amide bonds. The monoisotopic (exact) mass is 334 g/mol. The van der Waals surface area contributed by atoms with Crippen LogP contribution in [0, 0.1) is 0 Å². The predicted octanol–water partition coefficient (Wildman–Crippen LogP) is 1.72. The molecular formula is C17H22N2O5. The Kier molecular flexibility index (Phi) is 5.30. The van der Waals surface area contributed by atoms with Crippen LogP contribution in [0.25, 0.3) is 0 Å². The maximum atomic E-state index is 12.6. The Labute approximate surface area is 140 Å². The number of hydrogen-bond acceptors (Lipinski definition) is 5. The normalized spacial score (nSPS) is 21.7. The first-order valence-electron chi connectivity index (χ1n) is 8.36. The molecule has 0 radical (unpaired) electrons. The maximum Gasteiger partial charge on any atom is 0.305 e. The lowest BCUT2D eigenvalue weighted by molar-refractivity contribution is -0.139. The summed E-state index contributed by atoms with van der Waals surface area (Å²) < 4.78 is 11.1. The van der Waals surface area contributed by atoms with Crippen molar-refractivity contribution in [3.8, 4) is 5.88 Å². The average molecular weight is 334 g/mol. The molecule has 1 aliphatic heterocycles. The Hall–Kier alpha value is -2.15. The van der Waals surface area contributed by atoms with Crippen molar-refractivity contribution in [3.63, 3.8) is 0 Å². The van der Waals surface area contributed by atoms with Crippen molar-refractivity contribution in [1.82, 2.24) is 9.88 Å². The number of hydrogen-bond donors (Lipinski definition) is 1. The molecule has 1 atom stereocenters. The van der Waals surface area contributed by atoms with E-state index in [9.17, 15) is 9.59 Å². The fraction of sp³-hybridized carbons (Fsp3) is 0.588. The first kappa shape index (κ1) is 16.7. The van der Waals surface area contributed by atoms with E-state index in [4.69, 9.17) is 14.6 Å². The summed E-state index contributed by atoms with van der Waals surface area (Å²) in [5.41, 5.74) is 0.436. The molecule has 1 N–H and O–H groups in total. The molecule has 130 valence electrons. The van der Waals surface area contributed by atoms with Gasteiger partial charge in [0.05, 0.1) is 31.2 Å². The number of ether oxygens (including phenoxy) is 2. The number of carbonyl (C=O) groups excluding carboxylic acids is 1. The second kappa shape index (κ2) is 7.61. The van der Waals surface area contributed by atoms with Crippen LogP contribution < -0.4 is 4.74 Å². The molecule has 3 rings (SSSR count). The number of morpholine rings is 1. The summed E-state index contributed by atoms with van der Waals surface area (Å²) in [7, 11) is 0. The highest BCUT2D eigenvalue weighted by Crippen LogP contribution is 2.23. The lowest BCUT2D eigenvalue weighted by Gasteiger charge is -2.34. The molecule has 1 saturated carbocycles. The third-order valence-corrected chi connectivity index (χ3v) is 4.47. The quantitative estimate of drug-likeness (QED) is 0.882. The summed E-state index contributed by atoms with van der Waals surface area (Å²) in [5.74, 6) is -0.631. The van der Waals surface area contributed by atoms with Gasteiger partial charge in [-0.3, -0.25) is 9.59 Å². The second-order valence-electron chi connectivity index (χ2n) is 6.23. The number of amides is 1. The minimum Gasteiger partial charge on any atom is -0.481 e. The van der Waals surface area contributed by atoms with Gasteiger partial charge in [0.2, 0.25) is 5.88 Å². The van der Waals surface area contributed by atoms with Crippen LogP contribution in [-0.4, -0.2) is 58.8 Å². The number of carboxylic acid groups (broad SMARTS) is 1. The number of aliphatic carboxylic acids is 1. The molecule has 1 aromatic heterocycles. The molecule has 0 spiro atoms. The first-order chi connectivity index (χ1) is 11.6. The fourth-order valence-electron chi connectivity index (χ4n) is 3.21. The topological polar surface area (TPSA) is 89.0 Å². The van der Waals surface area contributed by atoms with Gasteiger partial charge >= 0.3 is 5.97 Å². The highest BCUT2D eigenvalue weighted by atomic mass is 16.5. The van der Waals surface area contributed by atoms with Crippen LogP contribution in [0.1, 0.15) is 42.5 Å². The molecule has 1 saturated heterocycles. The summed E-state index contributed by atoms with van der Waals surface area (Å²) in [5, 5.41) is 8.99. The molecule has 2 heterocycles. The van der Waals surface area contributed by atoms with Crippen LogP contribution in [-0.2, 0) is 9.53 Å². The van der Waals surface area contributed by atoms with Gasteiger partial charge in [-0.25, -0.2) is 4.98 Å². The summed E-state index contributed by atoms with van der Waals surface area (Å²) in [6.07, 6.45) is 6.06. The van der Waals surface area contributed by atoms with Gasteiger partial charge in [-0.05, 0) is 31.7 Å². The zero-order chi connectivity index (χ0) is 16.9. The van der Waals surface area contributed by atoms with Gasteiger partial charge in [0.25, 0.3) is 5.91 Å². The van der Waals surface area contributed by atoms with E-state index in [2.05, 4.69) is 4.98 Å². The Balaban J connectivity index is 1.65. The standard InChI is InChI=1S/C17H22N2O5/c20-16(21)9-13-11-23-8-7-19(13)17(22)12-5-6-15(18-10-12)24-14-3-1-2-4-14/h5-6,10,13-14H,1-4,7-9,11H2,(H,20,21). The van der Waals surface area contributed by atoms with E-state index >= 15 is 0 Å². The molecule has 0 bridgehead atoms. The smallest absolute Gasteiger partial charge is 0.305 e. The van der Waals surface area contributed by atoms with Crippen LogP contribution >= 0.6 is 0 Å². The minimum absolute atomic E-state index is 0.123. The van der Waals surface area contributed by atoms with Crippen LogP contribution in [0.5, 0.6) is 5.88 Å². The van der Waals surface area contributed by atoms with E-state index in [1.807, 2.05) is 0 Å². The van der Waals surface area contributed by atoms with Gasteiger partial charge in [-0.1, -0.05) is 0 Å². The summed E-state index contributed by atoms with van der Waals surface area (Å²) >= 11 is 0. The predicted molar refractivity (Wildman–Crippen MR) is 85.0 cm³/mol. The third-order valence-electron chi connectivity index (χ3n) is 4.47. The van der Waals surface area contributed by atoms with Gasteiger partial charge in [0.15, 0.2) is 0 Å². The van der Waals surface area contributed by atoms with Gasteiger partial charge in [0, 0.05) is 18.8 Å². The van der Waals surface area contributed by atoms with Crippen molar-refractivity contribution in [1.29, 1.82) is 0 Å². The Morgan fingerprint density at radius 3 is 2.79 bits per heavy atom. The number of rotatable bonds is 5. The molecule has 2 fully saturated rings. The highest BCUT2D eigenvalue weighted by Gasteiger charge is 2.30. The summed E-state index contributed by atoms with van der Waals surface area (Å²) in [6.45, 7) is 1.05. The van der Waals surface area contributed by atoms with E-state index in [1.165, 1.54) is 19.0 Å². The van der Waals surface area contributed by atoms with Crippen molar-refractivity contribution in [2.75, 3.05) is 19.8 Å². The molecule has 0 aromatic carbocycles. The van der Waals surface area contributed by atoms with Crippen molar-refractivity contribution >= 4 is 11.9 Å². The van der Waals surface area contributed by atoms with Crippen molar-refractivity contribution in [2.45, 2.75) is 44.2 Å². The molecular weight excluding hydrogens is 312 g/mol. The molecule has 1 aromatic rings. The molecule has 7 heteroatoms. The molecule has 1 unspecified atom stereocenters. The SMILES string of the molecule is O=C(O)CC1COCCN1C(=O)c1ccc(OC2CCCC2)nc1. The highest BCUT2D eigenvalue weighted by molar-refractivity contribution is 5.94. The van der Waals surface area contributed by atoms with Crippen molar-refractivity contribution in [2.24, 2.45) is 0 Å². The van der Waals surface area contributed by atoms with Crippen LogP contribution in [0.15, 0.2) is 18.3 Å². The zero-order valence-electron chi connectivity index (χ0n) is 13.5. The largest absolute Gasteiger partial charge is 0.481 e. The van der Waals surface area contributed by atoms with Crippen molar-refractivity contribution < 1.29 is 24.2 Å². The zero-order valence-corrected chi connectivity index (χ0v) is 13.5. The fourth-order valence-corrected chi connectivity index (χ4v) is 3.21. The third kappa shape index (κ3) is 4.03. The lowest BCUT2D eigenvalue weighted by atomic mass is 10.1. The number of carboxylic acids is 1. The number of pyridine rings is 1. The van der Waals surface area contributed by atoms with Crippen LogP contribution in [0.4, 0.5) is 0 Å². The Morgan fingerprint density at radius 2 is 2.12 bits per heavy atom. The van der Waals surface area contributed by atoms with Gasteiger partial charge < -0.3 is 19.5 Å². The van der Waals surface area contributed by atoms with Crippen LogP contribution in [0.2, 0.25) is 0 Å². The number of nitrogens with zero attached hydrogens (tertiary/aromatic N) is 2. The van der Waals surface area contributed by atoms with Crippen molar-refractivity contribution in [3.05, 3.63) is 23.9 Å². The number of carbonyl (C=O) groups is 2. The van der Waals surface area contributed by atoms with E-state index in [0.29, 0.717) is 24.6 Å². The van der Waals surface area contributed by atoms with E-state index in [0.717, 1.165) is 12.8 Å². The van der Waals surface area contributed by atoms with Gasteiger partial charge in [-0.15, -0.1) is 0 Å². The van der Waals surface area contributed by atoms with E-state index in [-0.39, 0.29) is 25.0 Å². The Bertz CT molecular complexity index is 583. The van der Waals surface area contributed by atoms with E-state index < -0.39 is 12.0 Å². The van der Waals surface area contributed by atoms with E-state index in [1.54, 1.807) is 17.0 Å². The minimum atomic E-state index is -0.943. The van der Waals surface area contributed by atoms with Gasteiger partial charge in [0.1, 0.15) is 6.10 Å². The summed E-state index contributed by atoms with van der Waals surface area (Å²) in [6, 6.07) is 2.95. The lowest BCUT2D eigenvalue weighted by Crippen LogP contribution is -2.49. The molecule has 24 heavy (non-hydrogen) atoms. The molecule has 2 aliphatic rings. The van der Waals surface area contributed by atoms with Crippen LogP contribution in [0.3, 0.4) is 0 Å². The van der Waals surface area contributed by atoms with Gasteiger partial charge in [-0.2, -0.15) is 0 Å². The number of aromatic nitrogens is 1. The molecule has 7 nitrogen and oxygen atoms in total. The summed E-state index contributed by atoms with van der Waals surface area (Å²) in [4.78, 5) is 29.4. The first-order valence-corrected chi connectivity index (χ1v) is 8.36. The maximum absolute atomic E-state index is 12.6. The Morgan fingerprint density at radius 1 is 1.33 bits per heavy atom.